The van der Waals surface area contributed by atoms with Crippen LogP contribution in [0.25, 0.3) is 0 Å². The molecule has 0 unspecified atom stereocenters. The Kier molecular flexibility index (Phi) is 15.3. The number of nitrogens with two attached hydrogens (primary N) is 2. The first-order valence-corrected chi connectivity index (χ1v) is 6.76. The largest absolute Gasteiger partial charge is 0.481 e. The highest BCUT2D eigenvalue weighted by Crippen LogP contribution is 1.99. The predicted octanol–water partition coefficient (Wildman–Crippen LogP) is -0.757. The molecule has 10 nitrogen and oxygen atoms in total. The van der Waals surface area contributed by atoms with Crippen LogP contribution in [0.2, 0.25) is 0 Å². The number of carboxylic acid groups (broad SMARTS) is 2. The molecule has 0 saturated carbocycles. The van der Waals surface area contributed by atoms with Gasteiger partial charge in [0.25, 0.3) is 0 Å². The van der Waals surface area contributed by atoms with Crippen LogP contribution in [0.3, 0.4) is 0 Å². The van der Waals surface area contributed by atoms with Gasteiger partial charge in [0.2, 0.25) is 11.8 Å². The molecule has 0 fully saturated rings. The summed E-state index contributed by atoms with van der Waals surface area (Å²) in [5.74, 6) is 7.50. The van der Waals surface area contributed by atoms with Crippen molar-refractivity contribution in [2.24, 2.45) is 11.7 Å². The van der Waals surface area contributed by atoms with Gasteiger partial charge in [0.1, 0.15) is 0 Å². The highest BCUT2D eigenvalue weighted by atomic mass is 16.4. The molecule has 0 aromatic carbocycles. The number of nitrogens with one attached hydrogen (secondary N) is 2. The Morgan fingerprint density at radius 1 is 0.636 bits per heavy atom. The van der Waals surface area contributed by atoms with E-state index in [1.54, 1.807) is 0 Å². The third-order valence-electron chi connectivity index (χ3n) is 2.41. The molecule has 8 N–H and O–H groups in total. The molecule has 0 aromatic rings. The lowest BCUT2D eigenvalue weighted by molar-refractivity contribution is -0.139. The standard InChI is InChI=1S/C6H14N4O2.C6H10O4/c7-9-5(11)3-1-2-4-6(12)10-8;7-5(8)3-1-2-4-6(9)10/h1-4,7-8H2,(H,9,11)(H,10,12);1-4H2,(H,7,8)(H,9,10). The van der Waals surface area contributed by atoms with Gasteiger partial charge in [-0.3, -0.25) is 30.0 Å². The highest BCUT2D eigenvalue weighted by Gasteiger charge is 2.00. The molecule has 0 saturated heterocycles. The second-order valence-corrected chi connectivity index (χ2v) is 4.34. The molecule has 10 heteroatoms. The molecule has 22 heavy (non-hydrogen) atoms. The van der Waals surface area contributed by atoms with Gasteiger partial charge in [-0.05, 0) is 25.7 Å². The first-order valence-electron chi connectivity index (χ1n) is 6.76. The van der Waals surface area contributed by atoms with Crippen molar-refractivity contribution >= 4 is 23.8 Å². The Labute approximate surface area is 128 Å². The van der Waals surface area contributed by atoms with Crippen LogP contribution in [0.15, 0.2) is 0 Å². The highest BCUT2D eigenvalue weighted by molar-refractivity contribution is 5.76. The minimum Gasteiger partial charge on any atom is -0.481 e. The van der Waals surface area contributed by atoms with E-state index in [4.69, 9.17) is 21.9 Å². The molecule has 0 rings (SSSR count). The van der Waals surface area contributed by atoms with Crippen molar-refractivity contribution in [2.45, 2.75) is 51.4 Å². The van der Waals surface area contributed by atoms with Crippen LogP contribution in [0.4, 0.5) is 0 Å². The summed E-state index contributed by atoms with van der Waals surface area (Å²) in [7, 11) is 0. The van der Waals surface area contributed by atoms with Gasteiger partial charge in [-0.2, -0.15) is 0 Å². The molecule has 2 amide bonds. The molecule has 0 bridgehead atoms. The van der Waals surface area contributed by atoms with Gasteiger partial charge in [0.05, 0.1) is 0 Å². The number of rotatable bonds is 10. The second kappa shape index (κ2) is 15.2. The Morgan fingerprint density at radius 2 is 0.909 bits per heavy atom. The lowest BCUT2D eigenvalue weighted by atomic mass is 10.2. The number of hydrazine groups is 2. The predicted molar refractivity (Wildman–Crippen MR) is 76.9 cm³/mol. The van der Waals surface area contributed by atoms with Crippen molar-refractivity contribution in [3.8, 4) is 0 Å². The van der Waals surface area contributed by atoms with Crippen LogP contribution < -0.4 is 22.5 Å². The van der Waals surface area contributed by atoms with E-state index >= 15 is 0 Å². The molecule has 0 heterocycles. The van der Waals surface area contributed by atoms with Gasteiger partial charge in [-0.25, -0.2) is 11.7 Å². The molecule has 0 aliphatic heterocycles. The third-order valence-corrected chi connectivity index (χ3v) is 2.41. The summed E-state index contributed by atoms with van der Waals surface area (Å²) in [6, 6.07) is 0. The third kappa shape index (κ3) is 20.1. The number of carbonyl (C=O) groups is 4. The molecular formula is C12H24N4O6. The first-order chi connectivity index (χ1) is 10.3. The monoisotopic (exact) mass is 320 g/mol. The maximum atomic E-state index is 10.6. The summed E-state index contributed by atoms with van der Waals surface area (Å²) >= 11 is 0. The summed E-state index contributed by atoms with van der Waals surface area (Å²) in [4.78, 5) is 40.9. The van der Waals surface area contributed by atoms with E-state index in [1.807, 2.05) is 10.9 Å². The van der Waals surface area contributed by atoms with Gasteiger partial charge >= 0.3 is 11.9 Å². The normalized spacial score (nSPS) is 9.18. The number of carboxylic acids is 2. The zero-order chi connectivity index (χ0) is 17.4. The van der Waals surface area contributed by atoms with E-state index in [0.717, 1.165) is 0 Å². The van der Waals surface area contributed by atoms with Crippen LogP contribution in [-0.4, -0.2) is 34.0 Å². The zero-order valence-corrected chi connectivity index (χ0v) is 12.3. The molecule has 0 spiro atoms. The Morgan fingerprint density at radius 3 is 1.14 bits per heavy atom. The topological polar surface area (TPSA) is 185 Å². The summed E-state index contributed by atoms with van der Waals surface area (Å²) in [6.07, 6.45) is 2.97. The minimum atomic E-state index is -0.870. The molecule has 128 valence electrons. The van der Waals surface area contributed by atoms with E-state index in [2.05, 4.69) is 0 Å². The van der Waals surface area contributed by atoms with Gasteiger partial charge in [0.15, 0.2) is 0 Å². The molecule has 0 atom stereocenters. The van der Waals surface area contributed by atoms with Crippen molar-refractivity contribution in [2.75, 3.05) is 0 Å². The van der Waals surface area contributed by atoms with Crippen molar-refractivity contribution < 1.29 is 29.4 Å². The van der Waals surface area contributed by atoms with E-state index in [1.165, 1.54) is 0 Å². The fraction of sp³-hybridized carbons (Fsp3) is 0.667. The van der Waals surface area contributed by atoms with Gasteiger partial charge < -0.3 is 10.2 Å². The van der Waals surface area contributed by atoms with Crippen LogP contribution >= 0.6 is 0 Å². The molecule has 0 radical (unpaired) electrons. The zero-order valence-electron chi connectivity index (χ0n) is 12.3. The minimum absolute atomic E-state index is 0.0628. The first kappa shape index (κ1) is 22.1. The van der Waals surface area contributed by atoms with Gasteiger partial charge in [0, 0.05) is 25.7 Å². The fourth-order valence-electron chi connectivity index (χ4n) is 1.27. The quantitative estimate of drug-likeness (QED) is 0.131. The maximum absolute atomic E-state index is 10.6. The number of hydrogen-bond donors (Lipinski definition) is 6. The number of carbonyl (C=O) groups excluding carboxylic acids is 2. The molecule has 0 aromatic heterocycles. The fourth-order valence-corrected chi connectivity index (χ4v) is 1.27. The van der Waals surface area contributed by atoms with Crippen LogP contribution in [0, 0.1) is 0 Å². The average molecular weight is 320 g/mol. The number of aliphatic carboxylic acids is 2. The maximum Gasteiger partial charge on any atom is 0.303 e. The van der Waals surface area contributed by atoms with Crippen LogP contribution in [0.5, 0.6) is 0 Å². The second-order valence-electron chi connectivity index (χ2n) is 4.34. The summed E-state index contributed by atoms with van der Waals surface area (Å²) in [5.41, 5.74) is 4.01. The van der Waals surface area contributed by atoms with Crippen molar-refractivity contribution in [3.63, 3.8) is 0 Å². The Bertz CT molecular complexity index is 328. The van der Waals surface area contributed by atoms with E-state index in [-0.39, 0.29) is 24.7 Å². The summed E-state index contributed by atoms with van der Waals surface area (Å²) in [6.45, 7) is 0. The molecular weight excluding hydrogens is 296 g/mol. The number of amides is 2. The smallest absolute Gasteiger partial charge is 0.303 e. The lowest BCUT2D eigenvalue weighted by Crippen LogP contribution is -2.30. The van der Waals surface area contributed by atoms with Gasteiger partial charge in [-0.1, -0.05) is 0 Å². The van der Waals surface area contributed by atoms with Crippen LogP contribution in [0.1, 0.15) is 51.4 Å². The van der Waals surface area contributed by atoms with E-state index in [9.17, 15) is 19.2 Å². The van der Waals surface area contributed by atoms with Crippen molar-refractivity contribution in [1.82, 2.24) is 10.9 Å². The van der Waals surface area contributed by atoms with E-state index in [0.29, 0.717) is 38.5 Å². The van der Waals surface area contributed by atoms with Crippen molar-refractivity contribution in [3.05, 3.63) is 0 Å². The molecule has 0 aliphatic rings. The summed E-state index contributed by atoms with van der Waals surface area (Å²) < 4.78 is 0. The number of hydrogen-bond acceptors (Lipinski definition) is 6. The summed E-state index contributed by atoms with van der Waals surface area (Å²) in [5, 5.41) is 16.3. The average Bonchev–Trinajstić information content (AvgIpc) is 2.47. The Balaban J connectivity index is 0. The van der Waals surface area contributed by atoms with Crippen LogP contribution in [-0.2, 0) is 19.2 Å². The van der Waals surface area contributed by atoms with E-state index < -0.39 is 11.9 Å². The van der Waals surface area contributed by atoms with Gasteiger partial charge in [-0.15, -0.1) is 0 Å². The molecule has 0 aliphatic carbocycles. The SMILES string of the molecule is NNC(=O)CCCCC(=O)NN.O=C(O)CCCCC(=O)O. The Hall–Kier alpha value is -2.20. The lowest BCUT2D eigenvalue weighted by Gasteiger charge is -1.99. The van der Waals surface area contributed by atoms with Crippen molar-refractivity contribution in [1.29, 1.82) is 0 Å². The number of unbranched alkanes of at least 4 members (excludes halogenated alkanes) is 2.